The van der Waals surface area contributed by atoms with Gasteiger partial charge in [0.05, 0.1) is 20.3 Å². The molecule has 2 aliphatic heterocycles. The van der Waals surface area contributed by atoms with E-state index < -0.39 is 18.0 Å². The maximum atomic E-state index is 14.3. The van der Waals surface area contributed by atoms with Gasteiger partial charge in [-0.25, -0.2) is 4.39 Å². The van der Waals surface area contributed by atoms with Crippen molar-refractivity contribution in [2.75, 3.05) is 20.8 Å². The number of halogens is 1. The first-order valence-corrected chi connectivity index (χ1v) is 8.09. The van der Waals surface area contributed by atoms with Crippen LogP contribution in [0.2, 0.25) is 0 Å². The number of rotatable bonds is 2. The van der Waals surface area contributed by atoms with Gasteiger partial charge in [0.25, 0.3) is 5.91 Å². The van der Waals surface area contributed by atoms with E-state index in [1.807, 2.05) is 6.07 Å². The molecule has 2 aliphatic rings. The molecular formula is C19H18FNO4. The van der Waals surface area contributed by atoms with Gasteiger partial charge in [0, 0.05) is 17.7 Å². The first kappa shape index (κ1) is 15.9. The summed E-state index contributed by atoms with van der Waals surface area (Å²) in [6, 6.07) is 7.31. The summed E-state index contributed by atoms with van der Waals surface area (Å²) in [5.74, 6) is 0.288. The summed E-state index contributed by atoms with van der Waals surface area (Å²) in [6.07, 6.45) is -0.499. The minimum Gasteiger partial charge on any atom is -0.493 e. The molecule has 0 saturated heterocycles. The van der Waals surface area contributed by atoms with Crippen molar-refractivity contribution >= 4 is 5.91 Å². The molecule has 0 aliphatic carbocycles. The summed E-state index contributed by atoms with van der Waals surface area (Å²) in [5.41, 5.74) is 2.02. The van der Waals surface area contributed by atoms with Crippen LogP contribution < -0.4 is 9.47 Å². The third-order valence-corrected chi connectivity index (χ3v) is 5.06. The van der Waals surface area contributed by atoms with Crippen molar-refractivity contribution in [3.8, 4) is 11.5 Å². The summed E-state index contributed by atoms with van der Waals surface area (Å²) >= 11 is 0. The molecule has 2 aromatic carbocycles. The maximum Gasteiger partial charge on any atom is 0.254 e. The highest BCUT2D eigenvalue weighted by Gasteiger charge is 2.44. The number of aliphatic hydroxyl groups is 1. The zero-order valence-electron chi connectivity index (χ0n) is 14.0. The number of hydrogen-bond acceptors (Lipinski definition) is 4. The van der Waals surface area contributed by atoms with Crippen molar-refractivity contribution in [3.63, 3.8) is 0 Å². The number of carbonyl (C=O) groups excluding carboxylic acids is 1. The molecular weight excluding hydrogens is 325 g/mol. The van der Waals surface area contributed by atoms with E-state index in [9.17, 15) is 14.3 Å². The van der Waals surface area contributed by atoms with E-state index >= 15 is 0 Å². The van der Waals surface area contributed by atoms with Crippen LogP contribution in [0.3, 0.4) is 0 Å². The Balaban J connectivity index is 1.90. The molecule has 6 heteroatoms. The average molecular weight is 343 g/mol. The van der Waals surface area contributed by atoms with Crippen molar-refractivity contribution in [1.29, 1.82) is 0 Å². The number of benzene rings is 2. The molecule has 0 fully saturated rings. The minimum atomic E-state index is -1.13. The Bertz CT molecular complexity index is 867. The van der Waals surface area contributed by atoms with Crippen LogP contribution in [-0.2, 0) is 6.42 Å². The summed E-state index contributed by atoms with van der Waals surface area (Å²) < 4.78 is 25.0. The lowest BCUT2D eigenvalue weighted by molar-refractivity contribution is 0.0197. The molecule has 0 unspecified atom stereocenters. The molecule has 2 aromatic rings. The average Bonchev–Trinajstić information content (AvgIpc) is 2.63. The predicted molar refractivity (Wildman–Crippen MR) is 88.4 cm³/mol. The minimum absolute atomic E-state index is 0.0661. The number of nitrogens with zero attached hydrogens (tertiary/aromatic N) is 1. The number of hydrogen-bond donors (Lipinski definition) is 1. The molecule has 4 rings (SSSR count). The van der Waals surface area contributed by atoms with Crippen molar-refractivity contribution in [3.05, 3.63) is 58.4 Å². The summed E-state index contributed by atoms with van der Waals surface area (Å²) in [5, 5.41) is 10.9. The second-order valence-electron chi connectivity index (χ2n) is 6.25. The Kier molecular flexibility index (Phi) is 3.65. The molecule has 2 heterocycles. The standard InChI is InChI=1S/C19H18FNO4/c1-24-14-8-10-6-7-21-17(12(10)9-15(14)25-2)18(22)16-11(19(21)23)4-3-5-13(16)20/h3-5,8-9,17-18,22H,6-7H2,1-2H3/t17-,18+/m1/s1. The van der Waals surface area contributed by atoms with E-state index in [1.165, 1.54) is 19.2 Å². The van der Waals surface area contributed by atoms with E-state index in [0.29, 0.717) is 24.5 Å². The van der Waals surface area contributed by atoms with Gasteiger partial charge in [-0.15, -0.1) is 0 Å². The molecule has 1 N–H and O–H groups in total. The normalized spacial score (nSPS) is 21.3. The van der Waals surface area contributed by atoms with Crippen molar-refractivity contribution < 1.29 is 23.8 Å². The van der Waals surface area contributed by atoms with Crippen molar-refractivity contribution in [2.24, 2.45) is 0 Å². The molecule has 1 amide bonds. The SMILES string of the molecule is COc1cc2c(cc1OC)[C@@H]1[C@@H](O)c3c(F)cccc3C(=O)N1CC2. The van der Waals surface area contributed by atoms with Crippen LogP contribution in [0.5, 0.6) is 11.5 Å². The zero-order valence-corrected chi connectivity index (χ0v) is 14.0. The number of carbonyl (C=O) groups is 1. The Hall–Kier alpha value is -2.60. The van der Waals surface area contributed by atoms with Crippen LogP contribution in [0.1, 0.15) is 39.2 Å². The van der Waals surface area contributed by atoms with Crippen LogP contribution in [0, 0.1) is 5.82 Å². The molecule has 25 heavy (non-hydrogen) atoms. The molecule has 2 atom stereocenters. The van der Waals surface area contributed by atoms with E-state index in [1.54, 1.807) is 24.1 Å². The topological polar surface area (TPSA) is 59.0 Å². The molecule has 130 valence electrons. The number of ether oxygens (including phenoxy) is 2. The number of fused-ring (bicyclic) bond motifs is 4. The van der Waals surface area contributed by atoms with Crippen LogP contribution >= 0.6 is 0 Å². The molecule has 0 saturated carbocycles. The van der Waals surface area contributed by atoms with Gasteiger partial charge in [0.2, 0.25) is 0 Å². The molecule has 5 nitrogen and oxygen atoms in total. The van der Waals surface area contributed by atoms with Gasteiger partial charge in [-0.1, -0.05) is 6.07 Å². The van der Waals surface area contributed by atoms with Crippen LogP contribution in [0.15, 0.2) is 30.3 Å². The lowest BCUT2D eigenvalue weighted by atomic mass is 9.81. The Morgan fingerprint density at radius 3 is 2.64 bits per heavy atom. The van der Waals surface area contributed by atoms with Crippen LogP contribution in [-0.4, -0.2) is 36.7 Å². The van der Waals surface area contributed by atoms with Gasteiger partial charge in [-0.3, -0.25) is 4.79 Å². The third kappa shape index (κ3) is 2.21. The number of amides is 1. The van der Waals surface area contributed by atoms with Gasteiger partial charge < -0.3 is 19.5 Å². The van der Waals surface area contributed by atoms with Gasteiger partial charge in [0.1, 0.15) is 11.9 Å². The van der Waals surface area contributed by atoms with E-state index in [0.717, 1.165) is 11.1 Å². The summed E-state index contributed by atoms with van der Waals surface area (Å²) in [4.78, 5) is 14.4. The van der Waals surface area contributed by atoms with Crippen LogP contribution in [0.25, 0.3) is 0 Å². The monoisotopic (exact) mass is 343 g/mol. The quantitative estimate of drug-likeness (QED) is 0.911. The fourth-order valence-electron chi connectivity index (χ4n) is 3.88. The highest BCUT2D eigenvalue weighted by molar-refractivity contribution is 5.97. The fraction of sp³-hybridized carbons (Fsp3) is 0.316. The summed E-state index contributed by atoms with van der Waals surface area (Å²) in [6.45, 7) is 0.457. The molecule has 0 radical (unpaired) electrons. The van der Waals surface area contributed by atoms with Gasteiger partial charge in [-0.2, -0.15) is 0 Å². The second kappa shape index (κ2) is 5.74. The van der Waals surface area contributed by atoms with E-state index in [4.69, 9.17) is 9.47 Å². The Morgan fingerprint density at radius 1 is 1.20 bits per heavy atom. The first-order valence-electron chi connectivity index (χ1n) is 8.09. The van der Waals surface area contributed by atoms with Gasteiger partial charge >= 0.3 is 0 Å². The van der Waals surface area contributed by atoms with Crippen LogP contribution in [0.4, 0.5) is 4.39 Å². The summed E-state index contributed by atoms with van der Waals surface area (Å²) in [7, 11) is 3.09. The highest BCUT2D eigenvalue weighted by Crippen LogP contribution is 2.47. The Morgan fingerprint density at radius 2 is 1.92 bits per heavy atom. The van der Waals surface area contributed by atoms with E-state index in [2.05, 4.69) is 0 Å². The first-order chi connectivity index (χ1) is 12.1. The lowest BCUT2D eigenvalue weighted by Gasteiger charge is -2.44. The van der Waals surface area contributed by atoms with Crippen molar-refractivity contribution in [1.82, 2.24) is 4.90 Å². The molecule has 0 bridgehead atoms. The predicted octanol–water partition coefficient (Wildman–Crippen LogP) is 2.63. The van der Waals surface area contributed by atoms with Gasteiger partial charge in [-0.05, 0) is 41.8 Å². The maximum absolute atomic E-state index is 14.3. The van der Waals surface area contributed by atoms with Crippen molar-refractivity contribution in [2.45, 2.75) is 18.6 Å². The van der Waals surface area contributed by atoms with Gasteiger partial charge in [0.15, 0.2) is 11.5 Å². The molecule has 0 spiro atoms. The molecule has 0 aromatic heterocycles. The lowest BCUT2D eigenvalue weighted by Crippen LogP contribution is -2.46. The highest BCUT2D eigenvalue weighted by atomic mass is 19.1. The fourth-order valence-corrected chi connectivity index (χ4v) is 3.88. The number of methoxy groups -OCH3 is 2. The largest absolute Gasteiger partial charge is 0.493 e. The third-order valence-electron chi connectivity index (χ3n) is 5.06. The Labute approximate surface area is 144 Å². The second-order valence-corrected chi connectivity index (χ2v) is 6.25. The zero-order chi connectivity index (χ0) is 17.7. The number of aliphatic hydroxyl groups excluding tert-OH is 1. The van der Waals surface area contributed by atoms with E-state index in [-0.39, 0.29) is 17.0 Å². The smallest absolute Gasteiger partial charge is 0.254 e.